The lowest BCUT2D eigenvalue weighted by Crippen LogP contribution is -2.34. The zero-order valence-electron chi connectivity index (χ0n) is 12.6. The van der Waals surface area contributed by atoms with Crippen molar-refractivity contribution in [3.8, 4) is 0 Å². The van der Waals surface area contributed by atoms with Gasteiger partial charge in [-0.15, -0.1) is 0 Å². The van der Waals surface area contributed by atoms with Gasteiger partial charge in [0, 0.05) is 13.0 Å². The molecule has 0 spiro atoms. The van der Waals surface area contributed by atoms with Gasteiger partial charge in [-0.3, -0.25) is 9.59 Å². The van der Waals surface area contributed by atoms with E-state index < -0.39 is 31.5 Å². The molecular weight excluding hydrogens is 332 g/mol. The molecule has 0 radical (unpaired) electrons. The van der Waals surface area contributed by atoms with E-state index in [1.54, 1.807) is 24.3 Å². The summed E-state index contributed by atoms with van der Waals surface area (Å²) in [4.78, 5) is 25.2. The molecular formula is C15H16F4N2O3. The molecule has 5 nitrogen and oxygen atoms in total. The van der Waals surface area contributed by atoms with E-state index in [4.69, 9.17) is 0 Å². The fourth-order valence-electron chi connectivity index (χ4n) is 2.19. The molecule has 24 heavy (non-hydrogen) atoms. The Morgan fingerprint density at radius 3 is 2.75 bits per heavy atom. The van der Waals surface area contributed by atoms with Crippen molar-refractivity contribution in [2.24, 2.45) is 0 Å². The number of alkyl halides is 4. The number of hydrogen-bond acceptors (Lipinski definition) is 3. The van der Waals surface area contributed by atoms with Crippen LogP contribution in [0.5, 0.6) is 0 Å². The summed E-state index contributed by atoms with van der Waals surface area (Å²) in [5, 5.41) is 2.66. The van der Waals surface area contributed by atoms with Crippen LogP contribution in [-0.2, 0) is 14.3 Å². The molecule has 1 aromatic rings. The third-order valence-corrected chi connectivity index (χ3v) is 3.41. The number of nitrogens with zero attached hydrogens (tertiary/aromatic N) is 1. The third-order valence-electron chi connectivity index (χ3n) is 3.41. The van der Waals surface area contributed by atoms with Gasteiger partial charge in [0.25, 0.3) is 0 Å². The van der Waals surface area contributed by atoms with Gasteiger partial charge < -0.3 is 15.0 Å². The molecule has 1 aliphatic rings. The number of halogens is 4. The van der Waals surface area contributed by atoms with Crippen LogP contribution in [0.2, 0.25) is 0 Å². The van der Waals surface area contributed by atoms with Crippen LogP contribution in [0.1, 0.15) is 12.8 Å². The Morgan fingerprint density at radius 1 is 1.33 bits per heavy atom. The standard InChI is InChI=1S/C15H16F4N2O3/c16-14(17)15(18,19)9-24-8-6-13(23)21-7-5-12(22)20-10-3-1-2-4-11(10)21/h1-4,14H,5-9H2,(H,20,22). The maximum Gasteiger partial charge on any atom is 0.330 e. The molecule has 2 rings (SSSR count). The first kappa shape index (κ1) is 18.2. The summed E-state index contributed by atoms with van der Waals surface area (Å²) in [6.07, 6.45) is -3.99. The summed E-state index contributed by atoms with van der Waals surface area (Å²) in [7, 11) is 0. The molecule has 0 aromatic heterocycles. The van der Waals surface area contributed by atoms with E-state index in [1.165, 1.54) is 4.90 Å². The quantitative estimate of drug-likeness (QED) is 0.635. The summed E-state index contributed by atoms with van der Waals surface area (Å²) >= 11 is 0. The number of amides is 2. The van der Waals surface area contributed by atoms with Crippen LogP contribution < -0.4 is 10.2 Å². The number of fused-ring (bicyclic) bond motifs is 1. The first-order valence-electron chi connectivity index (χ1n) is 7.24. The summed E-state index contributed by atoms with van der Waals surface area (Å²) < 4.78 is 53.9. The molecule has 0 bridgehead atoms. The first-order valence-corrected chi connectivity index (χ1v) is 7.24. The van der Waals surface area contributed by atoms with Crippen LogP contribution >= 0.6 is 0 Å². The van der Waals surface area contributed by atoms with Crippen molar-refractivity contribution in [1.29, 1.82) is 0 Å². The minimum Gasteiger partial charge on any atom is -0.374 e. The fraction of sp³-hybridized carbons (Fsp3) is 0.467. The van der Waals surface area contributed by atoms with E-state index in [-0.39, 0.29) is 25.3 Å². The highest BCUT2D eigenvalue weighted by molar-refractivity contribution is 6.03. The van der Waals surface area contributed by atoms with E-state index in [1.807, 2.05) is 0 Å². The van der Waals surface area contributed by atoms with Crippen LogP contribution in [0.15, 0.2) is 24.3 Å². The van der Waals surface area contributed by atoms with Crippen LogP contribution in [0.25, 0.3) is 0 Å². The van der Waals surface area contributed by atoms with Crippen molar-refractivity contribution in [2.45, 2.75) is 25.2 Å². The molecule has 0 aliphatic carbocycles. The number of hydrogen-bond donors (Lipinski definition) is 1. The summed E-state index contributed by atoms with van der Waals surface area (Å²) in [6, 6.07) is 6.67. The van der Waals surface area contributed by atoms with Gasteiger partial charge in [0.1, 0.15) is 6.61 Å². The lowest BCUT2D eigenvalue weighted by molar-refractivity contribution is -0.166. The summed E-state index contributed by atoms with van der Waals surface area (Å²) in [6.45, 7) is -1.73. The Bertz CT molecular complexity index is 610. The van der Waals surface area contributed by atoms with Crippen molar-refractivity contribution in [3.05, 3.63) is 24.3 Å². The smallest absolute Gasteiger partial charge is 0.330 e. The summed E-state index contributed by atoms with van der Waals surface area (Å²) in [5.41, 5.74) is 0.963. The van der Waals surface area contributed by atoms with E-state index in [2.05, 4.69) is 10.1 Å². The Balaban J connectivity index is 1.94. The van der Waals surface area contributed by atoms with Gasteiger partial charge in [-0.25, -0.2) is 8.78 Å². The molecule has 1 heterocycles. The zero-order chi connectivity index (χ0) is 17.7. The maximum atomic E-state index is 12.7. The lowest BCUT2D eigenvalue weighted by Gasteiger charge is -2.22. The fourth-order valence-corrected chi connectivity index (χ4v) is 2.19. The second-order valence-corrected chi connectivity index (χ2v) is 5.23. The van der Waals surface area contributed by atoms with Crippen LogP contribution in [0, 0.1) is 0 Å². The predicted molar refractivity (Wildman–Crippen MR) is 78.4 cm³/mol. The first-order chi connectivity index (χ1) is 11.3. The van der Waals surface area contributed by atoms with Gasteiger partial charge in [-0.2, -0.15) is 8.78 Å². The highest BCUT2D eigenvalue weighted by Crippen LogP contribution is 2.29. The van der Waals surface area contributed by atoms with Gasteiger partial charge in [0.2, 0.25) is 11.8 Å². The largest absolute Gasteiger partial charge is 0.374 e. The third kappa shape index (κ3) is 4.44. The molecule has 1 aliphatic heterocycles. The monoisotopic (exact) mass is 348 g/mol. The molecule has 0 fully saturated rings. The number of rotatable bonds is 6. The maximum absolute atomic E-state index is 12.7. The minimum atomic E-state index is -4.24. The van der Waals surface area contributed by atoms with Crippen molar-refractivity contribution in [3.63, 3.8) is 0 Å². The number of carbonyl (C=O) groups excluding carboxylic acids is 2. The van der Waals surface area contributed by atoms with Gasteiger partial charge in [-0.05, 0) is 12.1 Å². The molecule has 1 N–H and O–H groups in total. The van der Waals surface area contributed by atoms with E-state index in [0.29, 0.717) is 11.4 Å². The second kappa shape index (κ2) is 7.61. The van der Waals surface area contributed by atoms with Crippen molar-refractivity contribution < 1.29 is 31.9 Å². The number of nitrogens with one attached hydrogen (secondary N) is 1. The van der Waals surface area contributed by atoms with Crippen LogP contribution in [0.4, 0.5) is 28.9 Å². The Labute approximate surface area is 135 Å². The average molecular weight is 348 g/mol. The van der Waals surface area contributed by atoms with Crippen LogP contribution in [-0.4, -0.2) is 43.9 Å². The highest BCUT2D eigenvalue weighted by Gasteiger charge is 2.41. The zero-order valence-corrected chi connectivity index (χ0v) is 12.6. The number of para-hydroxylation sites is 2. The van der Waals surface area contributed by atoms with Gasteiger partial charge in [-0.1, -0.05) is 12.1 Å². The number of anilines is 2. The normalized spacial score (nSPS) is 15.0. The lowest BCUT2D eigenvalue weighted by atomic mass is 10.2. The topological polar surface area (TPSA) is 58.6 Å². The van der Waals surface area contributed by atoms with Gasteiger partial charge in [0.05, 0.1) is 24.4 Å². The van der Waals surface area contributed by atoms with Gasteiger partial charge in [0.15, 0.2) is 0 Å². The number of benzene rings is 1. The molecule has 2 amide bonds. The molecule has 132 valence electrons. The molecule has 0 saturated carbocycles. The van der Waals surface area contributed by atoms with Gasteiger partial charge >= 0.3 is 12.3 Å². The Kier molecular flexibility index (Phi) is 5.76. The van der Waals surface area contributed by atoms with Crippen molar-refractivity contribution in [2.75, 3.05) is 30.0 Å². The second-order valence-electron chi connectivity index (χ2n) is 5.23. The molecule has 0 atom stereocenters. The Morgan fingerprint density at radius 2 is 2.04 bits per heavy atom. The van der Waals surface area contributed by atoms with Crippen molar-refractivity contribution >= 4 is 23.2 Å². The highest BCUT2D eigenvalue weighted by atomic mass is 19.3. The van der Waals surface area contributed by atoms with E-state index >= 15 is 0 Å². The number of carbonyl (C=O) groups is 2. The molecule has 1 aromatic carbocycles. The molecule has 0 unspecified atom stereocenters. The average Bonchev–Trinajstić information content (AvgIpc) is 2.69. The van der Waals surface area contributed by atoms with E-state index in [0.717, 1.165) is 0 Å². The van der Waals surface area contributed by atoms with Crippen LogP contribution in [0.3, 0.4) is 0 Å². The van der Waals surface area contributed by atoms with E-state index in [9.17, 15) is 27.2 Å². The Hall–Kier alpha value is -2.16. The molecule has 0 saturated heterocycles. The molecule has 9 heteroatoms. The SMILES string of the molecule is O=C1CCN(C(=O)CCOCC(F)(F)C(F)F)c2ccccc2N1. The number of ether oxygens (including phenoxy) is 1. The minimum absolute atomic E-state index is 0.0880. The predicted octanol–water partition coefficient (Wildman–Crippen LogP) is 2.67. The summed E-state index contributed by atoms with van der Waals surface area (Å²) in [5.74, 6) is -4.93. The van der Waals surface area contributed by atoms with Crippen molar-refractivity contribution in [1.82, 2.24) is 0 Å².